The molecular weight excluding hydrogens is 210 g/mol. The van der Waals surface area contributed by atoms with Gasteiger partial charge in [0.05, 0.1) is 5.92 Å². The third-order valence-electron chi connectivity index (χ3n) is 2.74. The molecule has 1 heterocycles. The van der Waals surface area contributed by atoms with Gasteiger partial charge >= 0.3 is 5.97 Å². The van der Waals surface area contributed by atoms with E-state index in [-0.39, 0.29) is 17.9 Å². The molecule has 1 fully saturated rings. The van der Waals surface area contributed by atoms with Crippen LogP contribution in [0.15, 0.2) is 17.5 Å². The van der Waals surface area contributed by atoms with Crippen molar-refractivity contribution in [1.29, 1.82) is 0 Å². The maximum atomic E-state index is 11.6. The van der Waals surface area contributed by atoms with Crippen LogP contribution < -0.4 is 5.73 Å². The molecule has 0 bridgehead atoms. The molecule has 0 saturated heterocycles. The molecule has 0 radical (unpaired) electrons. The zero-order valence-electron chi connectivity index (χ0n) is 8.52. The summed E-state index contributed by atoms with van der Waals surface area (Å²) in [6, 6.07) is 4.11. The van der Waals surface area contributed by atoms with Crippen molar-refractivity contribution < 1.29 is 9.53 Å². The van der Waals surface area contributed by atoms with Gasteiger partial charge in [-0.2, -0.15) is 0 Å². The van der Waals surface area contributed by atoms with Crippen molar-refractivity contribution in [3.8, 4) is 0 Å². The van der Waals surface area contributed by atoms with E-state index in [1.165, 1.54) is 0 Å². The molecule has 0 amide bonds. The lowest BCUT2D eigenvalue weighted by molar-refractivity contribution is -0.149. The van der Waals surface area contributed by atoms with Gasteiger partial charge in [-0.05, 0) is 30.7 Å². The molecule has 0 aliphatic heterocycles. The Morgan fingerprint density at radius 3 is 3.07 bits per heavy atom. The van der Waals surface area contributed by atoms with Gasteiger partial charge in [-0.25, -0.2) is 0 Å². The fraction of sp³-hybridized carbons (Fsp3) is 0.545. The summed E-state index contributed by atoms with van der Waals surface area (Å²) >= 11 is 1.61. The standard InChI is InChI=1S/C11H15NO2S/c12-9-4-3-8(6-9)11(13)14-7-10-2-1-5-15-10/h1-2,5,8-9H,3-4,6-7,12H2. The fourth-order valence-corrected chi connectivity index (χ4v) is 2.50. The van der Waals surface area contributed by atoms with E-state index in [1.54, 1.807) is 11.3 Å². The van der Waals surface area contributed by atoms with Gasteiger partial charge in [-0.3, -0.25) is 4.79 Å². The van der Waals surface area contributed by atoms with E-state index in [0.717, 1.165) is 24.1 Å². The Morgan fingerprint density at radius 1 is 1.60 bits per heavy atom. The summed E-state index contributed by atoms with van der Waals surface area (Å²) in [6.45, 7) is 0.405. The molecule has 1 aliphatic carbocycles. The number of thiophene rings is 1. The number of carbonyl (C=O) groups excluding carboxylic acids is 1. The lowest BCUT2D eigenvalue weighted by atomic mass is 10.1. The van der Waals surface area contributed by atoms with Crippen LogP contribution in [0.25, 0.3) is 0 Å². The number of nitrogens with two attached hydrogens (primary N) is 1. The summed E-state index contributed by atoms with van der Waals surface area (Å²) in [5, 5.41) is 1.98. The van der Waals surface area contributed by atoms with Crippen LogP contribution in [0.4, 0.5) is 0 Å². The maximum Gasteiger partial charge on any atom is 0.309 e. The molecule has 3 nitrogen and oxygen atoms in total. The van der Waals surface area contributed by atoms with E-state index in [9.17, 15) is 4.79 Å². The second-order valence-corrected chi connectivity index (χ2v) is 4.99. The van der Waals surface area contributed by atoms with Crippen molar-refractivity contribution in [3.05, 3.63) is 22.4 Å². The molecule has 0 aromatic carbocycles. The van der Waals surface area contributed by atoms with Crippen LogP contribution >= 0.6 is 11.3 Å². The molecule has 15 heavy (non-hydrogen) atoms. The number of esters is 1. The Labute approximate surface area is 93.2 Å². The Morgan fingerprint density at radius 2 is 2.47 bits per heavy atom. The highest BCUT2D eigenvalue weighted by atomic mass is 32.1. The number of carbonyl (C=O) groups is 1. The molecule has 1 aromatic rings. The van der Waals surface area contributed by atoms with Crippen molar-refractivity contribution in [2.45, 2.75) is 31.9 Å². The molecule has 82 valence electrons. The summed E-state index contributed by atoms with van der Waals surface area (Å²) in [4.78, 5) is 12.7. The quantitative estimate of drug-likeness (QED) is 0.800. The van der Waals surface area contributed by atoms with Crippen molar-refractivity contribution >= 4 is 17.3 Å². The predicted octanol–water partition coefficient (Wildman–Crippen LogP) is 1.92. The minimum atomic E-state index is -0.0867. The van der Waals surface area contributed by atoms with E-state index in [4.69, 9.17) is 10.5 Å². The van der Waals surface area contributed by atoms with Gasteiger partial charge in [0.1, 0.15) is 6.61 Å². The van der Waals surface area contributed by atoms with Crippen LogP contribution in [0.3, 0.4) is 0 Å². The first-order valence-electron chi connectivity index (χ1n) is 5.20. The zero-order chi connectivity index (χ0) is 10.7. The summed E-state index contributed by atoms with van der Waals surface area (Å²) in [5.74, 6) is -0.0590. The number of hydrogen-bond acceptors (Lipinski definition) is 4. The topological polar surface area (TPSA) is 52.3 Å². The molecule has 4 heteroatoms. The molecule has 0 spiro atoms. The van der Waals surface area contributed by atoms with E-state index >= 15 is 0 Å². The highest BCUT2D eigenvalue weighted by Crippen LogP contribution is 2.25. The third kappa shape index (κ3) is 2.79. The highest BCUT2D eigenvalue weighted by Gasteiger charge is 2.28. The molecule has 1 aliphatic rings. The van der Waals surface area contributed by atoms with Gasteiger partial charge in [-0.15, -0.1) is 11.3 Å². The van der Waals surface area contributed by atoms with Crippen LogP contribution in [0.5, 0.6) is 0 Å². The Balaban J connectivity index is 1.78. The lowest BCUT2D eigenvalue weighted by Gasteiger charge is -2.08. The minimum absolute atomic E-state index is 0.0277. The van der Waals surface area contributed by atoms with Gasteiger partial charge in [0.25, 0.3) is 0 Å². The summed E-state index contributed by atoms with van der Waals surface area (Å²) in [6.07, 6.45) is 2.60. The molecule has 1 aromatic heterocycles. The average molecular weight is 225 g/mol. The SMILES string of the molecule is NC1CCC(C(=O)OCc2cccs2)C1. The second-order valence-electron chi connectivity index (χ2n) is 3.96. The maximum absolute atomic E-state index is 11.6. The van der Waals surface area contributed by atoms with E-state index in [0.29, 0.717) is 6.61 Å². The molecule has 2 N–H and O–H groups in total. The Kier molecular flexibility index (Phi) is 3.38. The van der Waals surface area contributed by atoms with Gasteiger partial charge in [0.2, 0.25) is 0 Å². The highest BCUT2D eigenvalue weighted by molar-refractivity contribution is 7.09. The Bertz CT molecular complexity index is 323. The number of rotatable bonds is 3. The summed E-state index contributed by atoms with van der Waals surface area (Å²) in [7, 11) is 0. The van der Waals surface area contributed by atoms with Crippen LogP contribution in [-0.2, 0) is 16.1 Å². The number of ether oxygens (including phenoxy) is 1. The van der Waals surface area contributed by atoms with Crippen molar-refractivity contribution in [3.63, 3.8) is 0 Å². The molecular formula is C11H15NO2S. The average Bonchev–Trinajstić information content (AvgIpc) is 2.84. The van der Waals surface area contributed by atoms with Gasteiger partial charge in [-0.1, -0.05) is 6.07 Å². The van der Waals surface area contributed by atoms with Crippen molar-refractivity contribution in [2.24, 2.45) is 11.7 Å². The van der Waals surface area contributed by atoms with E-state index in [2.05, 4.69) is 0 Å². The first kappa shape index (κ1) is 10.6. The molecule has 2 rings (SSSR count). The van der Waals surface area contributed by atoms with E-state index < -0.39 is 0 Å². The van der Waals surface area contributed by atoms with E-state index in [1.807, 2.05) is 17.5 Å². The van der Waals surface area contributed by atoms with Gasteiger partial charge in [0, 0.05) is 10.9 Å². The normalized spacial score (nSPS) is 25.4. The first-order chi connectivity index (χ1) is 7.25. The zero-order valence-corrected chi connectivity index (χ0v) is 9.33. The smallest absolute Gasteiger partial charge is 0.309 e. The second kappa shape index (κ2) is 4.77. The van der Waals surface area contributed by atoms with Crippen LogP contribution in [0.1, 0.15) is 24.1 Å². The van der Waals surface area contributed by atoms with Gasteiger partial charge in [0.15, 0.2) is 0 Å². The third-order valence-corrected chi connectivity index (χ3v) is 3.59. The summed E-state index contributed by atoms with van der Waals surface area (Å²) in [5.41, 5.74) is 5.75. The molecule has 2 atom stereocenters. The number of hydrogen-bond donors (Lipinski definition) is 1. The van der Waals surface area contributed by atoms with Crippen molar-refractivity contribution in [1.82, 2.24) is 0 Å². The minimum Gasteiger partial charge on any atom is -0.460 e. The largest absolute Gasteiger partial charge is 0.460 e. The summed E-state index contributed by atoms with van der Waals surface area (Å²) < 4.78 is 5.23. The monoisotopic (exact) mass is 225 g/mol. The lowest BCUT2D eigenvalue weighted by Crippen LogP contribution is -2.19. The van der Waals surface area contributed by atoms with Gasteiger partial charge < -0.3 is 10.5 Å². The predicted molar refractivity (Wildman–Crippen MR) is 59.4 cm³/mol. The van der Waals surface area contributed by atoms with Crippen molar-refractivity contribution in [2.75, 3.05) is 0 Å². The molecule has 1 saturated carbocycles. The van der Waals surface area contributed by atoms with Crippen LogP contribution in [0, 0.1) is 5.92 Å². The Hall–Kier alpha value is -0.870. The van der Waals surface area contributed by atoms with Crippen LogP contribution in [0.2, 0.25) is 0 Å². The first-order valence-corrected chi connectivity index (χ1v) is 6.08. The fourth-order valence-electron chi connectivity index (χ4n) is 1.89. The van der Waals surface area contributed by atoms with Crippen LogP contribution in [-0.4, -0.2) is 12.0 Å². The molecule has 2 unspecified atom stereocenters.